The monoisotopic (exact) mass is 236 g/mol. The van der Waals surface area contributed by atoms with Gasteiger partial charge in [0.1, 0.15) is 0 Å². The molecule has 0 radical (unpaired) electrons. The molecule has 0 atom stereocenters. The molecule has 0 aromatic rings. The van der Waals surface area contributed by atoms with Crippen LogP contribution in [0.15, 0.2) is 0 Å². The third-order valence-corrected chi connectivity index (χ3v) is 0. The molecule has 0 amide bonds. The third kappa shape index (κ3) is 3390. The summed E-state index contributed by atoms with van der Waals surface area (Å²) in [6.45, 7) is 23.1. The summed E-state index contributed by atoms with van der Waals surface area (Å²) >= 11 is 0. The summed E-state index contributed by atoms with van der Waals surface area (Å²) < 4.78 is 0. The second-order valence-electron chi connectivity index (χ2n) is 6.71. The molecule has 13 heavy (non-hydrogen) atoms. The van der Waals surface area contributed by atoms with Crippen LogP contribution in [-0.2, 0) is 0 Å². The van der Waals surface area contributed by atoms with E-state index in [1.165, 1.54) is 0 Å². The summed E-state index contributed by atoms with van der Waals surface area (Å²) in [5, 5.41) is 0. The van der Waals surface area contributed by atoms with Crippen molar-refractivity contribution in [3.05, 3.63) is 0 Å². The first-order chi connectivity index (χ1) is 5.41. The van der Waals surface area contributed by atoms with Crippen molar-refractivity contribution in [1.29, 1.82) is 0 Å². The lowest BCUT2D eigenvalue weighted by Gasteiger charge is -2.01. The summed E-state index contributed by atoms with van der Waals surface area (Å²) in [6, 6.07) is 0. The SMILES string of the molecule is C[SiH2]C.C[Si](C)(C)C.C[Si](C)(C)C. The van der Waals surface area contributed by atoms with Crippen LogP contribution in [-0.4, -0.2) is 25.7 Å². The Kier molecular flexibility index (Phi) is 13.7. The van der Waals surface area contributed by atoms with Gasteiger partial charge in [-0.15, -0.1) is 0 Å². The van der Waals surface area contributed by atoms with Crippen molar-refractivity contribution in [3.63, 3.8) is 0 Å². The van der Waals surface area contributed by atoms with Gasteiger partial charge in [-0.05, 0) is 0 Å². The summed E-state index contributed by atoms with van der Waals surface area (Å²) in [6.07, 6.45) is 0. The van der Waals surface area contributed by atoms with E-state index in [0.717, 1.165) is 0 Å². The van der Waals surface area contributed by atoms with Gasteiger partial charge in [-0.2, -0.15) is 0 Å². The fourth-order valence-corrected chi connectivity index (χ4v) is 0. The van der Waals surface area contributed by atoms with E-state index >= 15 is 0 Å². The largest absolute Gasteiger partial charge is 0.0750 e. The lowest BCUT2D eigenvalue weighted by molar-refractivity contribution is 1.71. The molecule has 0 heterocycles. The van der Waals surface area contributed by atoms with E-state index in [1.54, 1.807) is 0 Å². The van der Waals surface area contributed by atoms with E-state index in [2.05, 4.69) is 65.5 Å². The topological polar surface area (TPSA) is 0 Å². The van der Waals surface area contributed by atoms with E-state index in [4.69, 9.17) is 0 Å². The average molecular weight is 237 g/mol. The Hall–Kier alpha value is 0.651. The molecular weight excluding hydrogens is 204 g/mol. The zero-order valence-electron chi connectivity index (χ0n) is 11.7. The Labute approximate surface area is 91.4 Å². The molecule has 0 bridgehead atoms. The molecule has 0 saturated heterocycles. The molecule has 3 heteroatoms. The van der Waals surface area contributed by atoms with Gasteiger partial charge in [0.25, 0.3) is 0 Å². The van der Waals surface area contributed by atoms with Crippen LogP contribution in [0.1, 0.15) is 0 Å². The predicted molar refractivity (Wildman–Crippen MR) is 78.7 cm³/mol. The van der Waals surface area contributed by atoms with Gasteiger partial charge in [0.05, 0.1) is 0 Å². The van der Waals surface area contributed by atoms with Crippen LogP contribution in [0.2, 0.25) is 65.5 Å². The molecule has 0 aromatic heterocycles. The van der Waals surface area contributed by atoms with Crippen molar-refractivity contribution >= 4 is 25.7 Å². The van der Waals surface area contributed by atoms with Crippen LogP contribution < -0.4 is 0 Å². The molecule has 0 spiro atoms. The standard InChI is InChI=1S/2C4H12Si.C2H8Si/c2*1-5(2,3)4;1-3-2/h2*1-4H3;3H2,1-2H3. The maximum absolute atomic E-state index is 2.33. The van der Waals surface area contributed by atoms with Gasteiger partial charge < -0.3 is 0 Å². The second-order valence-corrected chi connectivity index (χ2v) is 20.1. The highest BCUT2D eigenvalue weighted by Crippen LogP contribution is 1.95. The van der Waals surface area contributed by atoms with Gasteiger partial charge >= 0.3 is 0 Å². The van der Waals surface area contributed by atoms with E-state index in [9.17, 15) is 0 Å². The maximum Gasteiger partial charge on any atom is 0.0411 e. The summed E-state index contributed by atoms with van der Waals surface area (Å²) in [5.41, 5.74) is 0. The molecule has 0 unspecified atom stereocenters. The molecule has 0 rings (SSSR count). The van der Waals surface area contributed by atoms with Gasteiger partial charge in [0.2, 0.25) is 0 Å². The van der Waals surface area contributed by atoms with Crippen LogP contribution in [0, 0.1) is 0 Å². The Balaban J connectivity index is -0.000000120. The number of rotatable bonds is 0. The molecule has 84 valence electrons. The lowest BCUT2D eigenvalue weighted by Crippen LogP contribution is -2.10. The zero-order chi connectivity index (χ0) is 11.7. The summed E-state index contributed by atoms with van der Waals surface area (Å²) in [7, 11) is -0.806. The Morgan fingerprint density at radius 3 is 0.538 bits per heavy atom. The maximum atomic E-state index is 2.33. The molecule has 0 fully saturated rings. The van der Waals surface area contributed by atoms with Crippen molar-refractivity contribution in [3.8, 4) is 0 Å². The Morgan fingerprint density at radius 1 is 0.538 bits per heavy atom. The van der Waals surface area contributed by atoms with E-state index in [0.29, 0.717) is 9.52 Å². The fraction of sp³-hybridized carbons (Fsp3) is 1.00. The fourth-order valence-electron chi connectivity index (χ4n) is 0. The first-order valence-electron chi connectivity index (χ1n) is 5.41. The van der Waals surface area contributed by atoms with E-state index < -0.39 is 16.1 Å². The van der Waals surface area contributed by atoms with Crippen LogP contribution in [0.5, 0.6) is 0 Å². The third-order valence-electron chi connectivity index (χ3n) is 0. The Bertz CT molecular complexity index is 63.3. The minimum Gasteiger partial charge on any atom is -0.0750 e. The van der Waals surface area contributed by atoms with Crippen LogP contribution in [0.25, 0.3) is 0 Å². The van der Waals surface area contributed by atoms with Crippen molar-refractivity contribution in [1.82, 2.24) is 0 Å². The van der Waals surface area contributed by atoms with E-state index in [1.807, 2.05) is 0 Å². The van der Waals surface area contributed by atoms with Gasteiger partial charge in [0, 0.05) is 25.7 Å². The average Bonchev–Trinajstić information content (AvgIpc) is 1.52. The number of hydrogen-bond acceptors (Lipinski definition) is 0. The van der Waals surface area contributed by atoms with Crippen LogP contribution >= 0.6 is 0 Å². The van der Waals surface area contributed by atoms with Crippen LogP contribution in [0.3, 0.4) is 0 Å². The zero-order valence-corrected chi connectivity index (χ0v) is 15.1. The molecule has 0 aromatic carbocycles. The number of hydrogen-bond donors (Lipinski definition) is 0. The quantitative estimate of drug-likeness (QED) is 0.554. The molecule has 0 nitrogen and oxygen atoms in total. The molecular formula is C10H32Si3. The first kappa shape index (κ1) is 19.3. The first-order valence-corrected chi connectivity index (χ1v) is 16.2. The van der Waals surface area contributed by atoms with Gasteiger partial charge in [-0.1, -0.05) is 65.5 Å². The van der Waals surface area contributed by atoms with Crippen molar-refractivity contribution in [2.75, 3.05) is 0 Å². The predicted octanol–water partition coefficient (Wildman–Crippen LogP) is 4.16. The van der Waals surface area contributed by atoms with E-state index in [-0.39, 0.29) is 0 Å². The molecule has 0 N–H and O–H groups in total. The van der Waals surface area contributed by atoms with Gasteiger partial charge in [-0.25, -0.2) is 0 Å². The van der Waals surface area contributed by atoms with Crippen molar-refractivity contribution < 1.29 is 0 Å². The molecule has 0 aliphatic carbocycles. The molecule has 0 saturated carbocycles. The van der Waals surface area contributed by atoms with Gasteiger partial charge in [0.15, 0.2) is 0 Å². The molecule has 0 aliphatic rings. The minimum atomic E-state index is -0.611. The summed E-state index contributed by atoms with van der Waals surface area (Å²) in [5.74, 6) is 0. The smallest absolute Gasteiger partial charge is 0.0411 e. The highest BCUT2D eigenvalue weighted by atomic mass is 28.3. The van der Waals surface area contributed by atoms with Crippen LogP contribution in [0.4, 0.5) is 0 Å². The highest BCUT2D eigenvalue weighted by molar-refractivity contribution is 6.75. The molecule has 0 aliphatic heterocycles. The normalized spacial score (nSPS) is 10.6. The minimum absolute atomic E-state index is 0.417. The van der Waals surface area contributed by atoms with Crippen molar-refractivity contribution in [2.24, 2.45) is 0 Å². The second kappa shape index (κ2) is 9.22. The highest BCUT2D eigenvalue weighted by Gasteiger charge is 1.99. The lowest BCUT2D eigenvalue weighted by atomic mass is 11.8. The van der Waals surface area contributed by atoms with Crippen molar-refractivity contribution in [2.45, 2.75) is 65.5 Å². The Morgan fingerprint density at radius 2 is 0.538 bits per heavy atom. The van der Waals surface area contributed by atoms with Gasteiger partial charge in [-0.3, -0.25) is 0 Å². The summed E-state index contributed by atoms with van der Waals surface area (Å²) in [4.78, 5) is 0.